The van der Waals surface area contributed by atoms with E-state index in [0.29, 0.717) is 36.9 Å². The molecule has 0 amide bonds. The third-order valence-electron chi connectivity index (χ3n) is 6.95. The van der Waals surface area contributed by atoms with E-state index in [2.05, 4.69) is 12.2 Å². The quantitative estimate of drug-likeness (QED) is 0.317. The van der Waals surface area contributed by atoms with E-state index in [4.69, 9.17) is 13.6 Å². The largest absolute Gasteiger partial charge is 0.475 e. The minimum Gasteiger partial charge on any atom is -0.287 e. The van der Waals surface area contributed by atoms with Gasteiger partial charge < -0.3 is 0 Å². The SMILES string of the molecule is O=P1(OCc2cn(-c3ccccc3)c[n+]2-c2ccccc2)OCC2C3C=C[C@H](C3)[C@@H]2CO1. The van der Waals surface area contributed by atoms with E-state index in [1.165, 1.54) is 0 Å². The summed E-state index contributed by atoms with van der Waals surface area (Å²) in [5, 5.41) is 0. The first-order chi connectivity index (χ1) is 15.7. The maximum atomic E-state index is 13.3. The van der Waals surface area contributed by atoms with Crippen molar-refractivity contribution in [1.82, 2.24) is 4.57 Å². The van der Waals surface area contributed by atoms with E-state index in [-0.39, 0.29) is 6.61 Å². The fourth-order valence-electron chi connectivity index (χ4n) is 5.26. The third kappa shape index (κ3) is 3.67. The molecule has 3 aliphatic rings. The van der Waals surface area contributed by atoms with Gasteiger partial charge in [-0.15, -0.1) is 0 Å². The van der Waals surface area contributed by atoms with Crippen molar-refractivity contribution in [1.29, 1.82) is 0 Å². The van der Waals surface area contributed by atoms with Gasteiger partial charge in [0.05, 0.1) is 13.2 Å². The first-order valence-electron chi connectivity index (χ1n) is 11.1. The molecule has 0 N–H and O–H groups in total. The summed E-state index contributed by atoms with van der Waals surface area (Å²) in [5.41, 5.74) is 2.89. The molecule has 1 saturated carbocycles. The molecule has 2 aliphatic carbocycles. The van der Waals surface area contributed by atoms with Crippen LogP contribution >= 0.6 is 7.82 Å². The Labute approximate surface area is 187 Å². The van der Waals surface area contributed by atoms with Crippen LogP contribution in [0.25, 0.3) is 11.4 Å². The van der Waals surface area contributed by atoms with Crippen LogP contribution in [0.3, 0.4) is 0 Å². The van der Waals surface area contributed by atoms with E-state index < -0.39 is 7.82 Å². The Hall–Kier alpha value is -2.50. The van der Waals surface area contributed by atoms with Crippen molar-refractivity contribution in [2.75, 3.05) is 13.2 Å². The molecule has 1 saturated heterocycles. The molecule has 1 aromatic heterocycles. The van der Waals surface area contributed by atoms with Crippen molar-refractivity contribution >= 4 is 7.82 Å². The number of allylic oxidation sites excluding steroid dienone is 2. The highest BCUT2D eigenvalue weighted by molar-refractivity contribution is 7.48. The lowest BCUT2D eigenvalue weighted by molar-refractivity contribution is -0.605. The Morgan fingerprint density at radius 2 is 1.56 bits per heavy atom. The van der Waals surface area contributed by atoms with Crippen molar-refractivity contribution in [3.63, 3.8) is 0 Å². The van der Waals surface area contributed by atoms with Gasteiger partial charge in [0.2, 0.25) is 0 Å². The Morgan fingerprint density at radius 1 is 0.938 bits per heavy atom. The first-order valence-corrected chi connectivity index (χ1v) is 12.6. The molecule has 1 aliphatic heterocycles. The van der Waals surface area contributed by atoms with Crippen LogP contribution in [0, 0.1) is 23.7 Å². The molecule has 2 aromatic carbocycles. The van der Waals surface area contributed by atoms with Crippen LogP contribution in [0.1, 0.15) is 12.1 Å². The lowest BCUT2D eigenvalue weighted by Gasteiger charge is -2.23. The van der Waals surface area contributed by atoms with Gasteiger partial charge >= 0.3 is 7.82 Å². The second kappa shape index (κ2) is 8.13. The summed E-state index contributed by atoms with van der Waals surface area (Å²) < 4.78 is 34.8. The van der Waals surface area contributed by atoms with Crippen molar-refractivity contribution in [3.8, 4) is 11.4 Å². The zero-order chi connectivity index (χ0) is 21.5. The smallest absolute Gasteiger partial charge is 0.287 e. The molecule has 6 nitrogen and oxygen atoms in total. The number of imidazole rings is 1. The number of para-hydroxylation sites is 2. The average molecular weight is 449 g/mol. The van der Waals surface area contributed by atoms with Crippen LogP contribution in [-0.4, -0.2) is 17.8 Å². The van der Waals surface area contributed by atoms with E-state index >= 15 is 0 Å². The molecular formula is C25H26N2O4P+. The van der Waals surface area contributed by atoms with Crippen LogP contribution in [0.15, 0.2) is 85.3 Å². The van der Waals surface area contributed by atoms with E-state index in [9.17, 15) is 4.57 Å². The first kappa shape index (κ1) is 20.1. The summed E-state index contributed by atoms with van der Waals surface area (Å²) in [6, 6.07) is 20.1. The molecule has 3 aromatic rings. The normalized spacial score (nSPS) is 30.9. The summed E-state index contributed by atoms with van der Waals surface area (Å²) in [6.45, 7) is 0.973. The van der Waals surface area contributed by atoms with Crippen LogP contribution in [-0.2, 0) is 24.7 Å². The molecule has 2 heterocycles. The van der Waals surface area contributed by atoms with Gasteiger partial charge in [0, 0.05) is 0 Å². The molecule has 2 bridgehead atoms. The van der Waals surface area contributed by atoms with E-state index in [1.807, 2.05) is 82.3 Å². The number of aromatic nitrogens is 2. The highest BCUT2D eigenvalue weighted by Crippen LogP contribution is 2.58. The molecule has 5 atom stereocenters. The number of fused-ring (bicyclic) bond motifs is 5. The Kier molecular flexibility index (Phi) is 5.11. The zero-order valence-electron chi connectivity index (χ0n) is 17.7. The minimum atomic E-state index is -3.63. The van der Waals surface area contributed by atoms with E-state index in [1.54, 1.807) is 0 Å². The average Bonchev–Trinajstić information content (AvgIpc) is 3.54. The topological polar surface area (TPSA) is 53.6 Å². The van der Waals surface area contributed by atoms with Gasteiger partial charge in [-0.1, -0.05) is 48.6 Å². The van der Waals surface area contributed by atoms with Crippen molar-refractivity contribution in [3.05, 3.63) is 91.0 Å². The van der Waals surface area contributed by atoms with Gasteiger partial charge in [0.25, 0.3) is 6.33 Å². The van der Waals surface area contributed by atoms with Crippen LogP contribution in [0.5, 0.6) is 0 Å². The zero-order valence-corrected chi connectivity index (χ0v) is 18.6. The monoisotopic (exact) mass is 449 g/mol. The molecular weight excluding hydrogens is 423 g/mol. The standard InChI is InChI=1S/C25H26N2O4P/c28-32(30-16-24-19-11-12-20(13-19)25(24)17-31-32)29-15-23-14-26(21-7-3-1-4-8-21)18-27(23)22-9-5-2-6-10-22/h1-12,14,18-20,24-25H,13,15-17H2/q+1/t19-,20?,24+,25?,32?/m1/s1. The highest BCUT2D eigenvalue weighted by Gasteiger charge is 2.48. The van der Waals surface area contributed by atoms with Crippen molar-refractivity contribution < 1.29 is 22.7 Å². The molecule has 2 fully saturated rings. The van der Waals surface area contributed by atoms with Crippen molar-refractivity contribution in [2.45, 2.75) is 13.0 Å². The molecule has 7 heteroatoms. The number of hydrogen-bond acceptors (Lipinski definition) is 4. The van der Waals surface area contributed by atoms with Gasteiger partial charge in [0.1, 0.15) is 24.2 Å². The van der Waals surface area contributed by atoms with Gasteiger partial charge in [0.15, 0.2) is 5.69 Å². The van der Waals surface area contributed by atoms with Gasteiger partial charge in [-0.3, -0.25) is 13.6 Å². The Balaban J connectivity index is 1.24. The predicted molar refractivity (Wildman–Crippen MR) is 119 cm³/mol. The number of rotatable bonds is 5. The summed E-state index contributed by atoms with van der Waals surface area (Å²) in [5.74, 6) is 1.77. The summed E-state index contributed by atoms with van der Waals surface area (Å²) in [4.78, 5) is 0. The molecule has 3 unspecified atom stereocenters. The third-order valence-corrected chi connectivity index (χ3v) is 8.32. The predicted octanol–water partition coefficient (Wildman–Crippen LogP) is 4.86. The number of nitrogens with zero attached hydrogens (tertiary/aromatic N) is 2. The number of phosphoric acid groups is 1. The molecule has 0 spiro atoms. The van der Waals surface area contributed by atoms with Gasteiger partial charge in [-0.25, -0.2) is 9.13 Å². The summed E-state index contributed by atoms with van der Waals surface area (Å²) in [6.07, 6.45) is 9.72. The molecule has 32 heavy (non-hydrogen) atoms. The molecule has 6 rings (SSSR count). The Morgan fingerprint density at radius 3 is 2.22 bits per heavy atom. The highest BCUT2D eigenvalue weighted by atomic mass is 31.2. The molecule has 164 valence electrons. The second-order valence-electron chi connectivity index (χ2n) is 8.77. The van der Waals surface area contributed by atoms with Crippen molar-refractivity contribution in [2.24, 2.45) is 23.7 Å². The number of phosphoric ester groups is 1. The fourth-order valence-corrected chi connectivity index (χ4v) is 6.48. The van der Waals surface area contributed by atoms with Crippen LogP contribution in [0.4, 0.5) is 0 Å². The lowest BCUT2D eigenvalue weighted by atomic mass is 9.84. The van der Waals surface area contributed by atoms with E-state index in [0.717, 1.165) is 23.5 Å². The fraction of sp³-hybridized carbons (Fsp3) is 0.320. The maximum absolute atomic E-state index is 13.3. The van der Waals surface area contributed by atoms with Gasteiger partial charge in [-0.05, 0) is 54.4 Å². The maximum Gasteiger partial charge on any atom is 0.475 e. The minimum absolute atomic E-state index is 0.118. The lowest BCUT2D eigenvalue weighted by Crippen LogP contribution is -2.33. The number of benzene rings is 2. The summed E-state index contributed by atoms with van der Waals surface area (Å²) in [7, 11) is -3.63. The molecule has 0 radical (unpaired) electrons. The van der Waals surface area contributed by atoms with Gasteiger partial charge in [-0.2, -0.15) is 4.57 Å². The Bertz CT molecular complexity index is 1150. The van der Waals surface area contributed by atoms with Crippen LogP contribution in [0.2, 0.25) is 0 Å². The van der Waals surface area contributed by atoms with Crippen LogP contribution < -0.4 is 4.57 Å². The second-order valence-corrected chi connectivity index (χ2v) is 10.4. The summed E-state index contributed by atoms with van der Waals surface area (Å²) >= 11 is 0. The number of hydrogen-bond donors (Lipinski definition) is 0.